The number of hydrogen-bond donors (Lipinski definition) is 2. The molecule has 0 aliphatic carbocycles. The van der Waals surface area contributed by atoms with E-state index < -0.39 is 0 Å². The summed E-state index contributed by atoms with van der Waals surface area (Å²) < 4.78 is 0. The molecule has 1 rings (SSSR count). The zero-order chi connectivity index (χ0) is 14.3. The molecule has 1 aliphatic rings. The van der Waals surface area contributed by atoms with Crippen LogP contribution >= 0.6 is 0 Å². The maximum Gasteiger partial charge on any atom is 0.239 e. The van der Waals surface area contributed by atoms with Gasteiger partial charge in [-0.2, -0.15) is 0 Å². The predicted molar refractivity (Wildman–Crippen MR) is 75.7 cm³/mol. The van der Waals surface area contributed by atoms with Crippen molar-refractivity contribution < 1.29 is 9.59 Å². The van der Waals surface area contributed by atoms with E-state index in [1.54, 1.807) is 0 Å². The van der Waals surface area contributed by atoms with Gasteiger partial charge in [0.2, 0.25) is 11.8 Å². The first-order chi connectivity index (χ1) is 9.00. The Balaban J connectivity index is 2.14. The third-order valence-corrected chi connectivity index (χ3v) is 3.30. The average Bonchev–Trinajstić information content (AvgIpc) is 2.89. The molecule has 1 fully saturated rings. The Morgan fingerprint density at radius 2 is 1.79 bits per heavy atom. The Morgan fingerprint density at radius 3 is 2.37 bits per heavy atom. The van der Waals surface area contributed by atoms with Gasteiger partial charge in [-0.1, -0.05) is 13.8 Å². The van der Waals surface area contributed by atoms with Gasteiger partial charge in [-0.15, -0.1) is 0 Å². The molecule has 2 N–H and O–H groups in total. The number of carbonyl (C=O) groups is 2. The van der Waals surface area contributed by atoms with E-state index in [-0.39, 0.29) is 17.9 Å². The third-order valence-electron chi connectivity index (χ3n) is 3.30. The Morgan fingerprint density at radius 1 is 1.16 bits per heavy atom. The number of amides is 2. The lowest BCUT2D eigenvalue weighted by molar-refractivity contribution is -0.132. The summed E-state index contributed by atoms with van der Waals surface area (Å²) in [5.41, 5.74) is 0. The van der Waals surface area contributed by atoms with Crippen molar-refractivity contribution in [3.8, 4) is 0 Å². The van der Waals surface area contributed by atoms with Crippen molar-refractivity contribution in [3.05, 3.63) is 0 Å². The summed E-state index contributed by atoms with van der Waals surface area (Å²) in [4.78, 5) is 25.4. The van der Waals surface area contributed by atoms with Gasteiger partial charge in [0.15, 0.2) is 0 Å². The van der Waals surface area contributed by atoms with Crippen LogP contribution in [0.2, 0.25) is 0 Å². The number of nitrogens with zero attached hydrogens (tertiary/aromatic N) is 1. The molecule has 5 heteroatoms. The molecule has 1 aliphatic heterocycles. The predicted octanol–water partition coefficient (Wildman–Crippen LogP) is 0.749. The smallest absolute Gasteiger partial charge is 0.239 e. The highest BCUT2D eigenvalue weighted by molar-refractivity contribution is 5.82. The van der Waals surface area contributed by atoms with Crippen molar-refractivity contribution in [2.45, 2.75) is 46.1 Å². The van der Waals surface area contributed by atoms with Crippen LogP contribution in [0.4, 0.5) is 0 Å². The van der Waals surface area contributed by atoms with Gasteiger partial charge in [-0.05, 0) is 25.7 Å². The summed E-state index contributed by atoms with van der Waals surface area (Å²) in [5, 5.41) is 5.99. The van der Waals surface area contributed by atoms with Crippen LogP contribution in [0.15, 0.2) is 0 Å². The first-order valence-electron chi connectivity index (χ1n) is 7.29. The lowest BCUT2D eigenvalue weighted by atomic mass is 10.2. The molecule has 110 valence electrons. The van der Waals surface area contributed by atoms with Crippen LogP contribution in [0.25, 0.3) is 0 Å². The van der Waals surface area contributed by atoms with Crippen molar-refractivity contribution in [2.75, 3.05) is 26.2 Å². The van der Waals surface area contributed by atoms with Gasteiger partial charge in [0.25, 0.3) is 0 Å². The standard InChI is InChI=1S/C14H27N3O2/c1-11(2)10-16-13(18)6-7-15-12(3)14(19)17-8-4-5-9-17/h11-12,15H,4-10H2,1-3H3,(H,16,18). The van der Waals surface area contributed by atoms with E-state index in [0.29, 0.717) is 25.4 Å². The van der Waals surface area contributed by atoms with Crippen LogP contribution in [0.5, 0.6) is 0 Å². The molecule has 19 heavy (non-hydrogen) atoms. The Hall–Kier alpha value is -1.10. The minimum atomic E-state index is -0.198. The molecule has 5 nitrogen and oxygen atoms in total. The lowest BCUT2D eigenvalue weighted by Gasteiger charge is -2.21. The molecule has 0 spiro atoms. The van der Waals surface area contributed by atoms with E-state index in [1.165, 1.54) is 0 Å². The normalized spacial score (nSPS) is 16.7. The quantitative estimate of drug-likeness (QED) is 0.717. The fraction of sp³-hybridized carbons (Fsp3) is 0.857. The first-order valence-corrected chi connectivity index (χ1v) is 7.29. The highest BCUT2D eigenvalue weighted by Crippen LogP contribution is 2.08. The van der Waals surface area contributed by atoms with Crippen LogP contribution in [-0.2, 0) is 9.59 Å². The zero-order valence-corrected chi connectivity index (χ0v) is 12.4. The monoisotopic (exact) mass is 269 g/mol. The minimum absolute atomic E-state index is 0.0435. The molecular formula is C14H27N3O2. The van der Waals surface area contributed by atoms with Gasteiger partial charge in [-0.25, -0.2) is 0 Å². The summed E-state index contributed by atoms with van der Waals surface area (Å²) in [5.74, 6) is 0.662. The Kier molecular flexibility index (Phi) is 6.84. The van der Waals surface area contributed by atoms with E-state index in [4.69, 9.17) is 0 Å². The highest BCUT2D eigenvalue weighted by Gasteiger charge is 2.22. The number of hydrogen-bond acceptors (Lipinski definition) is 3. The van der Waals surface area contributed by atoms with Crippen LogP contribution in [0.1, 0.15) is 40.0 Å². The molecule has 0 aromatic rings. The molecule has 0 bridgehead atoms. The van der Waals surface area contributed by atoms with Crippen molar-refractivity contribution >= 4 is 11.8 Å². The molecule has 1 heterocycles. The number of rotatable bonds is 7. The number of carbonyl (C=O) groups excluding carboxylic acids is 2. The zero-order valence-electron chi connectivity index (χ0n) is 12.4. The summed E-state index contributed by atoms with van der Waals surface area (Å²) in [6, 6.07) is -0.198. The van der Waals surface area contributed by atoms with Gasteiger partial charge in [0.1, 0.15) is 0 Å². The lowest BCUT2D eigenvalue weighted by Crippen LogP contribution is -2.44. The summed E-state index contributed by atoms with van der Waals surface area (Å²) in [7, 11) is 0. The number of nitrogens with one attached hydrogen (secondary N) is 2. The first kappa shape index (κ1) is 16.0. The van der Waals surface area contributed by atoms with Gasteiger partial charge in [0, 0.05) is 32.6 Å². The van der Waals surface area contributed by atoms with E-state index in [2.05, 4.69) is 24.5 Å². The largest absolute Gasteiger partial charge is 0.356 e. The summed E-state index contributed by atoms with van der Waals surface area (Å²) in [6.45, 7) is 9.00. The second kappa shape index (κ2) is 8.15. The van der Waals surface area contributed by atoms with Crippen LogP contribution in [-0.4, -0.2) is 48.9 Å². The van der Waals surface area contributed by atoms with Gasteiger partial charge >= 0.3 is 0 Å². The topological polar surface area (TPSA) is 61.4 Å². The highest BCUT2D eigenvalue weighted by atomic mass is 16.2. The minimum Gasteiger partial charge on any atom is -0.356 e. The fourth-order valence-electron chi connectivity index (χ4n) is 2.11. The molecule has 1 atom stereocenters. The molecule has 0 saturated carbocycles. The van der Waals surface area contributed by atoms with Gasteiger partial charge in [-0.3, -0.25) is 9.59 Å². The molecule has 1 saturated heterocycles. The second-order valence-electron chi connectivity index (χ2n) is 5.66. The summed E-state index contributed by atoms with van der Waals surface area (Å²) in [6.07, 6.45) is 2.64. The number of likely N-dealkylation sites (tertiary alicyclic amines) is 1. The molecule has 0 aromatic carbocycles. The van der Waals surface area contributed by atoms with E-state index in [1.807, 2.05) is 11.8 Å². The van der Waals surface area contributed by atoms with E-state index >= 15 is 0 Å². The van der Waals surface area contributed by atoms with Crippen molar-refractivity contribution in [3.63, 3.8) is 0 Å². The fourth-order valence-corrected chi connectivity index (χ4v) is 2.11. The second-order valence-corrected chi connectivity index (χ2v) is 5.66. The molecule has 2 amide bonds. The SMILES string of the molecule is CC(C)CNC(=O)CCNC(C)C(=O)N1CCCC1. The van der Waals surface area contributed by atoms with E-state index in [9.17, 15) is 9.59 Å². The maximum atomic E-state index is 12.0. The molecule has 0 aromatic heterocycles. The third kappa shape index (κ3) is 6.05. The Bertz CT molecular complexity index is 299. The van der Waals surface area contributed by atoms with Crippen LogP contribution < -0.4 is 10.6 Å². The van der Waals surface area contributed by atoms with Crippen LogP contribution in [0, 0.1) is 5.92 Å². The Labute approximate surface area is 116 Å². The maximum absolute atomic E-state index is 12.0. The van der Waals surface area contributed by atoms with Crippen molar-refractivity contribution in [2.24, 2.45) is 5.92 Å². The van der Waals surface area contributed by atoms with Gasteiger partial charge < -0.3 is 15.5 Å². The van der Waals surface area contributed by atoms with E-state index in [0.717, 1.165) is 25.9 Å². The van der Waals surface area contributed by atoms with Crippen LogP contribution in [0.3, 0.4) is 0 Å². The molecular weight excluding hydrogens is 242 g/mol. The van der Waals surface area contributed by atoms with Crippen molar-refractivity contribution in [1.82, 2.24) is 15.5 Å². The molecule has 1 unspecified atom stereocenters. The summed E-state index contributed by atoms with van der Waals surface area (Å²) >= 11 is 0. The average molecular weight is 269 g/mol. The van der Waals surface area contributed by atoms with Gasteiger partial charge in [0.05, 0.1) is 6.04 Å². The van der Waals surface area contributed by atoms with Crippen molar-refractivity contribution in [1.29, 1.82) is 0 Å². The molecule has 0 radical (unpaired) electrons.